The minimum atomic E-state index is -1.16. The fourth-order valence-corrected chi connectivity index (χ4v) is 11.3. The van der Waals surface area contributed by atoms with E-state index in [0.29, 0.717) is 29.6 Å². The molecule has 5 rings (SSSR count). The van der Waals surface area contributed by atoms with Crippen LogP contribution in [0.25, 0.3) is 0 Å². The zero-order chi connectivity index (χ0) is 27.3. The molecule has 2 N–H and O–H groups in total. The Hall–Kier alpha value is -1.36. The molecule has 5 aliphatic carbocycles. The third kappa shape index (κ3) is 3.37. The smallest absolute Gasteiger partial charge is 0.313 e. The first-order valence-electron chi connectivity index (χ1n) is 14.9. The van der Waals surface area contributed by atoms with E-state index < -0.39 is 29.6 Å². The number of hydrogen-bond acceptors (Lipinski definition) is 4. The van der Waals surface area contributed by atoms with E-state index in [4.69, 9.17) is 4.74 Å². The fourth-order valence-electron chi connectivity index (χ4n) is 11.3. The summed E-state index contributed by atoms with van der Waals surface area (Å²) in [6.45, 7) is 17.6. The molecule has 0 heterocycles. The Kier molecular flexibility index (Phi) is 6.12. The normalized spacial score (nSPS) is 55.1. The van der Waals surface area contributed by atoms with Crippen LogP contribution in [0.4, 0.5) is 0 Å². The SMILES string of the molecule is CC(=O)O[C@@H]1CC[C@@]2(C)[C@@H](CC[C@]3(C)[C@@H]2[C@H](O)C=C2[C@@H]4[C@@H](C)[C@H](C)CC[C@]4(C)CC[C@]23C)[C@@]1(C)C(=O)O. The maximum atomic E-state index is 12.9. The van der Waals surface area contributed by atoms with Gasteiger partial charge < -0.3 is 14.9 Å². The van der Waals surface area contributed by atoms with E-state index in [0.717, 1.165) is 25.7 Å². The van der Waals surface area contributed by atoms with Crippen LogP contribution in [0.5, 0.6) is 0 Å². The fraction of sp³-hybridized carbons (Fsp3) is 0.875. The Morgan fingerprint density at radius 1 is 0.946 bits per heavy atom. The van der Waals surface area contributed by atoms with Crippen LogP contribution in [0.1, 0.15) is 107 Å². The topological polar surface area (TPSA) is 83.8 Å². The molecule has 0 amide bonds. The quantitative estimate of drug-likeness (QED) is 0.319. The van der Waals surface area contributed by atoms with E-state index in [9.17, 15) is 19.8 Å². The van der Waals surface area contributed by atoms with E-state index in [1.54, 1.807) is 6.92 Å². The van der Waals surface area contributed by atoms with Crippen molar-refractivity contribution in [2.24, 2.45) is 56.7 Å². The first kappa shape index (κ1) is 27.2. The van der Waals surface area contributed by atoms with Gasteiger partial charge in [0, 0.05) is 12.8 Å². The van der Waals surface area contributed by atoms with Crippen molar-refractivity contribution in [2.45, 2.75) is 119 Å². The van der Waals surface area contributed by atoms with Crippen molar-refractivity contribution in [2.75, 3.05) is 0 Å². The molecule has 0 radical (unpaired) electrons. The summed E-state index contributed by atoms with van der Waals surface area (Å²) in [4.78, 5) is 24.8. The third-order valence-corrected chi connectivity index (χ3v) is 13.7. The largest absolute Gasteiger partial charge is 0.481 e. The summed E-state index contributed by atoms with van der Waals surface area (Å²) >= 11 is 0. The van der Waals surface area contributed by atoms with E-state index in [2.05, 4.69) is 47.6 Å². The Balaban J connectivity index is 1.61. The summed E-state index contributed by atoms with van der Waals surface area (Å²) in [5, 5.41) is 22.6. The molecule has 0 saturated heterocycles. The first-order valence-corrected chi connectivity index (χ1v) is 14.9. The number of rotatable bonds is 2. The van der Waals surface area contributed by atoms with Crippen LogP contribution in [-0.2, 0) is 14.3 Å². The molecule has 0 aromatic carbocycles. The molecular weight excluding hydrogens is 464 g/mol. The lowest BCUT2D eigenvalue weighted by atomic mass is 9.33. The molecule has 4 saturated carbocycles. The van der Waals surface area contributed by atoms with Gasteiger partial charge >= 0.3 is 11.9 Å². The van der Waals surface area contributed by atoms with Crippen molar-refractivity contribution >= 4 is 11.9 Å². The highest BCUT2D eigenvalue weighted by Crippen LogP contribution is 2.75. The van der Waals surface area contributed by atoms with Crippen LogP contribution in [0.2, 0.25) is 0 Å². The van der Waals surface area contributed by atoms with E-state index in [1.165, 1.54) is 31.8 Å². The highest BCUT2D eigenvalue weighted by atomic mass is 16.5. The Morgan fingerprint density at radius 3 is 2.24 bits per heavy atom. The molecule has 0 spiro atoms. The molecule has 5 aliphatic rings. The van der Waals surface area contributed by atoms with Gasteiger partial charge in [0.1, 0.15) is 11.5 Å². The van der Waals surface area contributed by atoms with Gasteiger partial charge in [0.25, 0.3) is 0 Å². The number of aliphatic carboxylic acids is 1. The molecule has 0 unspecified atom stereocenters. The van der Waals surface area contributed by atoms with Gasteiger partial charge in [-0.05, 0) is 104 Å². The van der Waals surface area contributed by atoms with Gasteiger partial charge in [-0.15, -0.1) is 0 Å². The van der Waals surface area contributed by atoms with E-state index in [1.807, 2.05) is 0 Å². The molecule has 208 valence electrons. The van der Waals surface area contributed by atoms with E-state index in [-0.39, 0.29) is 28.1 Å². The van der Waals surface area contributed by atoms with Gasteiger partial charge in [-0.1, -0.05) is 53.2 Å². The number of carboxylic acid groups (broad SMARTS) is 1. The van der Waals surface area contributed by atoms with Gasteiger partial charge in [0.2, 0.25) is 0 Å². The molecule has 0 aromatic heterocycles. The van der Waals surface area contributed by atoms with Crippen LogP contribution >= 0.6 is 0 Å². The summed E-state index contributed by atoms with van der Waals surface area (Å²) in [5.41, 5.74) is 0.161. The zero-order valence-corrected chi connectivity index (χ0v) is 24.4. The minimum Gasteiger partial charge on any atom is -0.481 e. The molecular formula is C32H50O5. The van der Waals surface area contributed by atoms with Gasteiger partial charge in [-0.2, -0.15) is 0 Å². The van der Waals surface area contributed by atoms with Crippen LogP contribution in [0.3, 0.4) is 0 Å². The Bertz CT molecular complexity index is 1020. The van der Waals surface area contributed by atoms with Gasteiger partial charge in [-0.3, -0.25) is 9.59 Å². The second-order valence-corrected chi connectivity index (χ2v) is 15.2. The van der Waals surface area contributed by atoms with Crippen molar-refractivity contribution in [3.8, 4) is 0 Å². The highest BCUT2D eigenvalue weighted by Gasteiger charge is 2.72. The maximum Gasteiger partial charge on any atom is 0.313 e. The standard InChI is InChI=1S/C32H50O5/c1-18-9-12-28(4)15-16-30(6)21(25(28)19(18)2)17-22(34)26-29(5)13-11-24(37-20(3)33)32(8,27(35)36)23(29)10-14-31(26,30)7/h17-19,22-26,34H,9-16H2,1-8H3,(H,35,36)/t18-,19+,22-,23-,24-,25+,26-,28-,29+,30-,31-,32-/m1/s1. The molecule has 0 bridgehead atoms. The Morgan fingerprint density at radius 2 is 1.62 bits per heavy atom. The monoisotopic (exact) mass is 514 g/mol. The number of aliphatic hydroxyl groups excluding tert-OH is 1. The van der Waals surface area contributed by atoms with Crippen molar-refractivity contribution < 1.29 is 24.5 Å². The summed E-state index contributed by atoms with van der Waals surface area (Å²) < 4.78 is 5.65. The van der Waals surface area contributed by atoms with Crippen molar-refractivity contribution in [1.82, 2.24) is 0 Å². The highest BCUT2D eigenvalue weighted by molar-refractivity contribution is 5.77. The van der Waals surface area contributed by atoms with Crippen molar-refractivity contribution in [1.29, 1.82) is 0 Å². The van der Waals surface area contributed by atoms with Gasteiger partial charge in [0.05, 0.1) is 6.10 Å². The lowest BCUT2D eigenvalue weighted by molar-refractivity contribution is -0.237. The number of ether oxygens (including phenoxy) is 1. The van der Waals surface area contributed by atoms with Crippen LogP contribution in [0.15, 0.2) is 11.6 Å². The number of fused-ring (bicyclic) bond motifs is 7. The first-order chi connectivity index (χ1) is 17.1. The van der Waals surface area contributed by atoms with Crippen molar-refractivity contribution in [3.05, 3.63) is 11.6 Å². The van der Waals surface area contributed by atoms with Crippen molar-refractivity contribution in [3.63, 3.8) is 0 Å². The number of hydrogen-bond donors (Lipinski definition) is 2. The van der Waals surface area contributed by atoms with Crippen LogP contribution in [0, 0.1) is 56.7 Å². The third-order valence-electron chi connectivity index (χ3n) is 13.7. The molecule has 0 aliphatic heterocycles. The Labute approximate surface area is 223 Å². The minimum absolute atomic E-state index is 0.00721. The molecule has 12 atom stereocenters. The molecule has 37 heavy (non-hydrogen) atoms. The maximum absolute atomic E-state index is 12.9. The van der Waals surface area contributed by atoms with Gasteiger partial charge in [-0.25, -0.2) is 0 Å². The number of carboxylic acids is 1. The summed E-state index contributed by atoms with van der Waals surface area (Å²) in [7, 11) is 0. The predicted molar refractivity (Wildman–Crippen MR) is 144 cm³/mol. The number of carbonyl (C=O) groups is 2. The summed E-state index contributed by atoms with van der Waals surface area (Å²) in [6.07, 6.45) is 8.93. The molecule has 0 aromatic rings. The second-order valence-electron chi connectivity index (χ2n) is 15.2. The number of aliphatic hydroxyl groups is 1. The molecule has 4 fully saturated rings. The summed E-state index contributed by atoms with van der Waals surface area (Å²) in [6, 6.07) is 0. The second kappa shape index (κ2) is 8.32. The molecule has 5 heteroatoms. The lowest BCUT2D eigenvalue weighted by Crippen LogP contribution is -2.69. The lowest BCUT2D eigenvalue weighted by Gasteiger charge is -2.72. The number of allylic oxidation sites excluding steroid dienone is 1. The average molecular weight is 515 g/mol. The molecule has 5 nitrogen and oxygen atoms in total. The van der Waals surface area contributed by atoms with Crippen LogP contribution < -0.4 is 0 Å². The zero-order valence-electron chi connectivity index (χ0n) is 24.4. The van der Waals surface area contributed by atoms with Gasteiger partial charge in [0.15, 0.2) is 0 Å². The van der Waals surface area contributed by atoms with Crippen LogP contribution in [-0.4, -0.2) is 34.4 Å². The predicted octanol–water partition coefficient (Wildman–Crippen LogP) is 6.63. The van der Waals surface area contributed by atoms with E-state index >= 15 is 0 Å². The average Bonchev–Trinajstić information content (AvgIpc) is 2.79. The number of carbonyl (C=O) groups excluding carboxylic acids is 1. The summed E-state index contributed by atoms with van der Waals surface area (Å²) in [5.74, 6) is 0.292. The number of esters is 1.